The minimum Gasteiger partial charge on any atom is -0.363 e. The van der Waals surface area contributed by atoms with Crippen LogP contribution in [0.4, 0.5) is 10.8 Å². The number of hydrogen-bond donors (Lipinski definition) is 1. The van der Waals surface area contributed by atoms with Crippen molar-refractivity contribution >= 4 is 28.1 Å². The predicted molar refractivity (Wildman–Crippen MR) is 78.0 cm³/mol. The van der Waals surface area contributed by atoms with Gasteiger partial charge >= 0.3 is 0 Å². The van der Waals surface area contributed by atoms with E-state index in [4.69, 9.17) is 0 Å². The number of benzene rings is 1. The molecule has 1 aromatic heterocycles. The van der Waals surface area contributed by atoms with E-state index in [2.05, 4.69) is 22.4 Å². The van der Waals surface area contributed by atoms with E-state index < -0.39 is 0 Å². The molecule has 19 heavy (non-hydrogen) atoms. The molecule has 0 unspecified atom stereocenters. The highest BCUT2D eigenvalue weighted by Crippen LogP contribution is 2.20. The van der Waals surface area contributed by atoms with Crippen LogP contribution in [0.3, 0.4) is 0 Å². The lowest BCUT2D eigenvalue weighted by atomic mass is 10.1. The van der Waals surface area contributed by atoms with E-state index in [0.29, 0.717) is 10.1 Å². The zero-order valence-corrected chi connectivity index (χ0v) is 12.0. The van der Waals surface area contributed by atoms with Gasteiger partial charge in [-0.25, -0.2) is 0 Å². The van der Waals surface area contributed by atoms with Crippen molar-refractivity contribution in [1.29, 1.82) is 0 Å². The van der Waals surface area contributed by atoms with E-state index in [-0.39, 0.29) is 5.91 Å². The summed E-state index contributed by atoms with van der Waals surface area (Å²) in [5, 5.41) is 11.6. The smallest absolute Gasteiger partial charge is 0.289 e. The van der Waals surface area contributed by atoms with Gasteiger partial charge in [0, 0.05) is 19.8 Å². The first-order chi connectivity index (χ1) is 9.15. The fourth-order valence-electron chi connectivity index (χ4n) is 1.63. The van der Waals surface area contributed by atoms with Gasteiger partial charge in [0.15, 0.2) is 0 Å². The number of anilines is 2. The lowest BCUT2D eigenvalue weighted by Gasteiger charge is -2.15. The van der Waals surface area contributed by atoms with Crippen LogP contribution < -0.4 is 10.2 Å². The van der Waals surface area contributed by atoms with Crippen LogP contribution in [0, 0.1) is 0 Å². The predicted octanol–water partition coefficient (Wildman–Crippen LogP) is 2.42. The van der Waals surface area contributed by atoms with Gasteiger partial charge in [-0.15, -0.1) is 10.2 Å². The summed E-state index contributed by atoms with van der Waals surface area (Å²) >= 11 is 1.25. The van der Waals surface area contributed by atoms with Crippen molar-refractivity contribution in [2.24, 2.45) is 0 Å². The lowest BCUT2D eigenvalue weighted by molar-refractivity contribution is 0.0992. The molecule has 2 rings (SSSR count). The second-order valence-electron chi connectivity index (χ2n) is 4.05. The summed E-state index contributed by atoms with van der Waals surface area (Å²) in [5.41, 5.74) is 2.10. The van der Waals surface area contributed by atoms with Crippen molar-refractivity contribution in [1.82, 2.24) is 10.2 Å². The number of hydrogen-bond acceptors (Lipinski definition) is 5. The molecule has 0 fully saturated rings. The van der Waals surface area contributed by atoms with Crippen LogP contribution in [0.25, 0.3) is 0 Å². The third-order valence-corrected chi connectivity index (χ3v) is 3.79. The van der Waals surface area contributed by atoms with Crippen LogP contribution in [0.1, 0.15) is 22.3 Å². The van der Waals surface area contributed by atoms with Gasteiger partial charge in [0.2, 0.25) is 10.1 Å². The Kier molecular flexibility index (Phi) is 4.11. The third-order valence-electron chi connectivity index (χ3n) is 2.86. The SMILES string of the molecule is CCc1ccc(N(C)C(=O)c2nnc(NC)s2)cc1. The quantitative estimate of drug-likeness (QED) is 0.931. The second kappa shape index (κ2) is 5.79. The molecule has 1 amide bonds. The minimum absolute atomic E-state index is 0.150. The van der Waals surface area contributed by atoms with E-state index in [1.165, 1.54) is 16.9 Å². The standard InChI is InChI=1S/C13H16N4OS/c1-4-9-5-7-10(8-6-9)17(3)12(18)11-15-16-13(14-2)19-11/h5-8H,4H2,1-3H3,(H,14,16). The zero-order chi connectivity index (χ0) is 13.8. The summed E-state index contributed by atoms with van der Waals surface area (Å²) in [6.07, 6.45) is 0.986. The van der Waals surface area contributed by atoms with Crippen LogP contribution in [-0.2, 0) is 6.42 Å². The Balaban J connectivity index is 2.17. The maximum Gasteiger partial charge on any atom is 0.289 e. The molecule has 0 atom stereocenters. The highest BCUT2D eigenvalue weighted by molar-refractivity contribution is 7.17. The Hall–Kier alpha value is -1.95. The molecular weight excluding hydrogens is 260 g/mol. The lowest BCUT2D eigenvalue weighted by Crippen LogP contribution is -2.26. The van der Waals surface area contributed by atoms with Crippen LogP contribution in [-0.4, -0.2) is 30.2 Å². The molecule has 0 aliphatic carbocycles. The van der Waals surface area contributed by atoms with Gasteiger partial charge < -0.3 is 10.2 Å². The third kappa shape index (κ3) is 2.90. The molecule has 5 nitrogen and oxygen atoms in total. The molecule has 0 radical (unpaired) electrons. The fraction of sp³-hybridized carbons (Fsp3) is 0.308. The Morgan fingerprint density at radius 2 is 2.00 bits per heavy atom. The molecule has 6 heteroatoms. The van der Waals surface area contributed by atoms with Gasteiger partial charge in [0.1, 0.15) is 0 Å². The first kappa shape index (κ1) is 13.5. The summed E-state index contributed by atoms with van der Waals surface area (Å²) in [6, 6.07) is 7.93. The number of aromatic nitrogens is 2. The average molecular weight is 276 g/mol. The van der Waals surface area contributed by atoms with Crippen LogP contribution >= 0.6 is 11.3 Å². The highest BCUT2D eigenvalue weighted by atomic mass is 32.1. The van der Waals surface area contributed by atoms with Crippen molar-refractivity contribution in [3.63, 3.8) is 0 Å². The molecule has 0 spiro atoms. The van der Waals surface area contributed by atoms with Gasteiger partial charge in [-0.05, 0) is 24.1 Å². The summed E-state index contributed by atoms with van der Waals surface area (Å²) < 4.78 is 0. The monoisotopic (exact) mass is 276 g/mol. The minimum atomic E-state index is -0.150. The van der Waals surface area contributed by atoms with Gasteiger partial charge in [-0.2, -0.15) is 0 Å². The fourth-order valence-corrected chi connectivity index (χ4v) is 2.30. The van der Waals surface area contributed by atoms with Crippen molar-refractivity contribution in [3.05, 3.63) is 34.8 Å². The van der Waals surface area contributed by atoms with Crippen LogP contribution in [0.5, 0.6) is 0 Å². The van der Waals surface area contributed by atoms with Crippen molar-refractivity contribution in [3.8, 4) is 0 Å². The number of carbonyl (C=O) groups excluding carboxylic acids is 1. The molecule has 1 heterocycles. The number of aryl methyl sites for hydroxylation is 1. The van der Waals surface area contributed by atoms with Gasteiger partial charge in [-0.1, -0.05) is 30.4 Å². The number of nitrogens with one attached hydrogen (secondary N) is 1. The summed E-state index contributed by atoms with van der Waals surface area (Å²) in [5.74, 6) is -0.150. The first-order valence-electron chi connectivity index (χ1n) is 6.04. The van der Waals surface area contributed by atoms with Crippen molar-refractivity contribution < 1.29 is 4.79 Å². The van der Waals surface area contributed by atoms with E-state index in [0.717, 1.165) is 12.1 Å². The molecular formula is C13H16N4OS. The molecule has 2 aromatic rings. The maximum absolute atomic E-state index is 12.2. The van der Waals surface area contributed by atoms with Crippen LogP contribution in [0.15, 0.2) is 24.3 Å². The number of nitrogens with zero attached hydrogens (tertiary/aromatic N) is 3. The molecule has 0 saturated heterocycles. The number of rotatable bonds is 4. The molecule has 0 saturated carbocycles. The summed E-state index contributed by atoms with van der Waals surface area (Å²) in [7, 11) is 3.49. The van der Waals surface area contributed by atoms with Gasteiger partial charge in [-0.3, -0.25) is 4.79 Å². The highest BCUT2D eigenvalue weighted by Gasteiger charge is 2.18. The van der Waals surface area contributed by atoms with Crippen molar-refractivity contribution in [2.75, 3.05) is 24.3 Å². The maximum atomic E-state index is 12.2. The van der Waals surface area contributed by atoms with E-state index in [1.807, 2.05) is 24.3 Å². The Bertz CT molecular complexity index is 564. The molecule has 0 aliphatic heterocycles. The Morgan fingerprint density at radius 3 is 2.53 bits per heavy atom. The van der Waals surface area contributed by atoms with E-state index in [9.17, 15) is 4.79 Å². The topological polar surface area (TPSA) is 58.1 Å². The number of amides is 1. The second-order valence-corrected chi connectivity index (χ2v) is 5.02. The molecule has 0 aliphatic rings. The average Bonchev–Trinajstić information content (AvgIpc) is 2.94. The summed E-state index contributed by atoms with van der Waals surface area (Å²) in [6.45, 7) is 2.10. The van der Waals surface area contributed by atoms with Gasteiger partial charge in [0.05, 0.1) is 0 Å². The Morgan fingerprint density at radius 1 is 1.32 bits per heavy atom. The Labute approximate surface area is 116 Å². The molecule has 1 aromatic carbocycles. The normalized spacial score (nSPS) is 10.3. The first-order valence-corrected chi connectivity index (χ1v) is 6.85. The van der Waals surface area contributed by atoms with E-state index >= 15 is 0 Å². The molecule has 0 bridgehead atoms. The van der Waals surface area contributed by atoms with Crippen molar-refractivity contribution in [2.45, 2.75) is 13.3 Å². The summed E-state index contributed by atoms with van der Waals surface area (Å²) in [4.78, 5) is 13.8. The molecule has 1 N–H and O–H groups in total. The number of carbonyl (C=O) groups is 1. The largest absolute Gasteiger partial charge is 0.363 e. The van der Waals surface area contributed by atoms with E-state index in [1.54, 1.807) is 19.0 Å². The van der Waals surface area contributed by atoms with Gasteiger partial charge in [0.25, 0.3) is 5.91 Å². The van der Waals surface area contributed by atoms with Crippen LogP contribution in [0.2, 0.25) is 0 Å². The zero-order valence-electron chi connectivity index (χ0n) is 11.2. The molecule has 100 valence electrons.